The Hall–Kier alpha value is -2.51. The SMILES string of the molecule is CSc1ccccc1NC(=O)c1ccccc1Nc1ccc(SC(F)F)cc1. The van der Waals surface area contributed by atoms with Gasteiger partial charge in [-0.3, -0.25) is 4.79 Å². The molecule has 0 aliphatic rings. The molecule has 0 aromatic heterocycles. The molecule has 0 spiro atoms. The quantitative estimate of drug-likeness (QED) is 0.420. The Balaban J connectivity index is 1.78. The topological polar surface area (TPSA) is 41.1 Å². The van der Waals surface area contributed by atoms with E-state index in [1.807, 2.05) is 36.6 Å². The number of rotatable bonds is 7. The van der Waals surface area contributed by atoms with Gasteiger partial charge in [-0.25, -0.2) is 0 Å². The molecule has 0 aliphatic heterocycles. The van der Waals surface area contributed by atoms with Crippen LogP contribution in [0.25, 0.3) is 0 Å². The molecule has 0 bridgehead atoms. The largest absolute Gasteiger partial charge is 0.355 e. The van der Waals surface area contributed by atoms with Crippen molar-refractivity contribution >= 4 is 46.5 Å². The van der Waals surface area contributed by atoms with Crippen molar-refractivity contribution in [2.45, 2.75) is 15.5 Å². The van der Waals surface area contributed by atoms with Crippen molar-refractivity contribution in [3.8, 4) is 0 Å². The smallest absolute Gasteiger partial charge is 0.288 e. The highest BCUT2D eigenvalue weighted by molar-refractivity contribution is 7.99. The summed E-state index contributed by atoms with van der Waals surface area (Å²) in [4.78, 5) is 14.3. The second-order valence-electron chi connectivity index (χ2n) is 5.73. The number of thioether (sulfide) groups is 2. The van der Waals surface area contributed by atoms with Gasteiger partial charge in [0.25, 0.3) is 11.7 Å². The van der Waals surface area contributed by atoms with Crippen LogP contribution in [0.3, 0.4) is 0 Å². The molecule has 0 fully saturated rings. The first-order valence-electron chi connectivity index (χ1n) is 8.42. The van der Waals surface area contributed by atoms with Gasteiger partial charge in [-0.2, -0.15) is 8.78 Å². The second kappa shape index (κ2) is 9.61. The first-order chi connectivity index (χ1) is 13.6. The summed E-state index contributed by atoms with van der Waals surface area (Å²) in [5, 5.41) is 6.13. The van der Waals surface area contributed by atoms with Crippen molar-refractivity contribution in [1.82, 2.24) is 0 Å². The summed E-state index contributed by atoms with van der Waals surface area (Å²) in [7, 11) is 0. The van der Waals surface area contributed by atoms with E-state index in [9.17, 15) is 13.6 Å². The van der Waals surface area contributed by atoms with E-state index in [2.05, 4.69) is 10.6 Å². The zero-order valence-corrected chi connectivity index (χ0v) is 16.6. The zero-order chi connectivity index (χ0) is 19.9. The Morgan fingerprint density at radius 1 is 0.893 bits per heavy atom. The predicted molar refractivity (Wildman–Crippen MR) is 114 cm³/mol. The molecule has 0 saturated carbocycles. The summed E-state index contributed by atoms with van der Waals surface area (Å²) >= 11 is 2.06. The zero-order valence-electron chi connectivity index (χ0n) is 15.0. The fourth-order valence-electron chi connectivity index (χ4n) is 2.60. The Morgan fingerprint density at radius 2 is 1.54 bits per heavy atom. The normalized spacial score (nSPS) is 10.7. The molecule has 0 unspecified atom stereocenters. The number of halogens is 2. The van der Waals surface area contributed by atoms with Crippen LogP contribution in [0.5, 0.6) is 0 Å². The third-order valence-electron chi connectivity index (χ3n) is 3.89. The van der Waals surface area contributed by atoms with Gasteiger partial charge in [0, 0.05) is 15.5 Å². The van der Waals surface area contributed by atoms with E-state index in [-0.39, 0.29) is 5.91 Å². The Morgan fingerprint density at radius 3 is 2.21 bits per heavy atom. The molecule has 7 heteroatoms. The van der Waals surface area contributed by atoms with Crippen molar-refractivity contribution in [2.24, 2.45) is 0 Å². The molecule has 3 rings (SSSR count). The summed E-state index contributed by atoms with van der Waals surface area (Å²) in [6.07, 6.45) is 1.95. The highest BCUT2D eigenvalue weighted by Gasteiger charge is 2.13. The number of carbonyl (C=O) groups excluding carboxylic acids is 1. The monoisotopic (exact) mass is 416 g/mol. The molecular formula is C21H18F2N2OS2. The van der Waals surface area contributed by atoms with E-state index in [0.717, 1.165) is 10.6 Å². The van der Waals surface area contributed by atoms with E-state index < -0.39 is 5.76 Å². The van der Waals surface area contributed by atoms with Gasteiger partial charge in [0.1, 0.15) is 0 Å². The van der Waals surface area contributed by atoms with Crippen LogP contribution >= 0.6 is 23.5 Å². The maximum absolute atomic E-state index is 12.8. The van der Waals surface area contributed by atoms with Gasteiger partial charge >= 0.3 is 0 Å². The Bertz CT molecular complexity index is 949. The van der Waals surface area contributed by atoms with Crippen LogP contribution < -0.4 is 10.6 Å². The van der Waals surface area contributed by atoms with Crippen molar-refractivity contribution in [3.05, 3.63) is 78.4 Å². The molecule has 0 atom stereocenters. The van der Waals surface area contributed by atoms with Gasteiger partial charge in [-0.1, -0.05) is 36.0 Å². The fraction of sp³-hybridized carbons (Fsp3) is 0.0952. The molecule has 0 saturated heterocycles. The van der Waals surface area contributed by atoms with E-state index in [0.29, 0.717) is 33.6 Å². The minimum Gasteiger partial charge on any atom is -0.355 e. The van der Waals surface area contributed by atoms with Crippen LogP contribution in [0, 0.1) is 0 Å². The Kier molecular flexibility index (Phi) is 6.95. The third-order valence-corrected chi connectivity index (χ3v) is 5.40. The second-order valence-corrected chi connectivity index (χ2v) is 7.64. The van der Waals surface area contributed by atoms with Crippen LogP contribution in [0.15, 0.2) is 82.6 Å². The summed E-state index contributed by atoms with van der Waals surface area (Å²) in [5.41, 5.74) is 2.59. The summed E-state index contributed by atoms with van der Waals surface area (Å²) in [6, 6.07) is 21.4. The highest BCUT2D eigenvalue weighted by atomic mass is 32.2. The molecule has 2 N–H and O–H groups in total. The van der Waals surface area contributed by atoms with Crippen LogP contribution in [-0.2, 0) is 0 Å². The average Bonchev–Trinajstić information content (AvgIpc) is 2.70. The lowest BCUT2D eigenvalue weighted by Gasteiger charge is -2.14. The summed E-state index contributed by atoms with van der Waals surface area (Å²) in [6.45, 7) is 0. The van der Waals surface area contributed by atoms with Gasteiger partial charge < -0.3 is 10.6 Å². The molecule has 1 amide bonds. The summed E-state index contributed by atoms with van der Waals surface area (Å²) in [5.74, 6) is -2.68. The number of amides is 1. The number of nitrogens with one attached hydrogen (secondary N) is 2. The molecular weight excluding hydrogens is 398 g/mol. The highest BCUT2D eigenvalue weighted by Crippen LogP contribution is 2.29. The van der Waals surface area contributed by atoms with Crippen molar-refractivity contribution in [1.29, 1.82) is 0 Å². The van der Waals surface area contributed by atoms with Crippen molar-refractivity contribution in [2.75, 3.05) is 16.9 Å². The van der Waals surface area contributed by atoms with E-state index in [1.54, 1.807) is 54.2 Å². The molecule has 144 valence electrons. The van der Waals surface area contributed by atoms with Gasteiger partial charge in [0.05, 0.1) is 16.9 Å². The lowest BCUT2D eigenvalue weighted by Crippen LogP contribution is -2.14. The molecule has 0 aliphatic carbocycles. The van der Waals surface area contributed by atoms with Crippen molar-refractivity contribution in [3.63, 3.8) is 0 Å². The van der Waals surface area contributed by atoms with E-state index >= 15 is 0 Å². The van der Waals surface area contributed by atoms with Crippen LogP contribution in [-0.4, -0.2) is 17.9 Å². The maximum Gasteiger partial charge on any atom is 0.288 e. The third kappa shape index (κ3) is 5.27. The number of hydrogen-bond donors (Lipinski definition) is 2. The van der Waals surface area contributed by atoms with Gasteiger partial charge in [0.15, 0.2) is 0 Å². The number of benzene rings is 3. The molecule has 0 heterocycles. The van der Waals surface area contributed by atoms with Gasteiger partial charge in [0.2, 0.25) is 0 Å². The van der Waals surface area contributed by atoms with Gasteiger partial charge in [-0.05, 0) is 54.8 Å². The lowest BCUT2D eigenvalue weighted by atomic mass is 10.1. The minimum absolute atomic E-state index is 0.227. The number of hydrogen-bond acceptors (Lipinski definition) is 4. The Labute approximate surface area is 170 Å². The molecule has 3 nitrogen and oxygen atoms in total. The number of alkyl halides is 2. The van der Waals surface area contributed by atoms with E-state index in [4.69, 9.17) is 0 Å². The molecule has 28 heavy (non-hydrogen) atoms. The number of para-hydroxylation sites is 2. The molecule has 3 aromatic rings. The maximum atomic E-state index is 12.8. The van der Waals surface area contributed by atoms with Crippen LogP contribution in [0.1, 0.15) is 10.4 Å². The van der Waals surface area contributed by atoms with Crippen molar-refractivity contribution < 1.29 is 13.6 Å². The molecule has 3 aromatic carbocycles. The van der Waals surface area contributed by atoms with Crippen LogP contribution in [0.2, 0.25) is 0 Å². The first-order valence-corrected chi connectivity index (χ1v) is 10.5. The van der Waals surface area contributed by atoms with Crippen LogP contribution in [0.4, 0.5) is 25.8 Å². The number of anilines is 3. The average molecular weight is 417 g/mol. The van der Waals surface area contributed by atoms with E-state index in [1.165, 1.54) is 0 Å². The molecule has 0 radical (unpaired) electrons. The minimum atomic E-state index is -2.45. The number of carbonyl (C=O) groups is 1. The summed E-state index contributed by atoms with van der Waals surface area (Å²) < 4.78 is 24.9. The first kappa shape index (κ1) is 20.2. The fourth-order valence-corrected chi connectivity index (χ4v) is 3.66. The lowest BCUT2D eigenvalue weighted by molar-refractivity contribution is 0.102. The standard InChI is InChI=1S/C21H18F2N2OS2/c1-27-19-9-5-4-8-18(19)25-20(26)16-6-2-3-7-17(16)24-14-10-12-15(13-11-14)28-21(22)23/h2-13,21,24H,1H3,(H,25,26). The predicted octanol–water partition coefficient (Wildman–Crippen LogP) is 6.72. The van der Waals surface area contributed by atoms with Gasteiger partial charge in [-0.15, -0.1) is 11.8 Å².